The molecule has 0 N–H and O–H groups in total. The molecule has 0 saturated carbocycles. The molecule has 30 heavy (non-hydrogen) atoms. The SMILES string of the molecule is CC1=[C-]C(C)([Si](C)(c2ccccc2)c2cc(C)c(C)c(C)c2)C(C)=C1C.[Cl-].[Cl-].[Cl-].[Ti+4]. The van der Waals surface area contributed by atoms with Gasteiger partial charge < -0.3 is 37.2 Å². The Balaban J connectivity index is 0. The summed E-state index contributed by atoms with van der Waals surface area (Å²) < 4.78 is 0. The zero-order valence-corrected chi connectivity index (χ0v) is 24.0. The molecule has 0 nitrogen and oxygen atoms in total. The number of hydrogen-bond donors (Lipinski definition) is 0. The molecule has 0 spiro atoms. The van der Waals surface area contributed by atoms with E-state index >= 15 is 0 Å². The first-order valence-corrected chi connectivity index (χ1v) is 12.1. The average molecular weight is 514 g/mol. The monoisotopic (exact) mass is 512 g/mol. The van der Waals surface area contributed by atoms with Crippen molar-refractivity contribution in [3.8, 4) is 0 Å². The zero-order valence-electron chi connectivity index (χ0n) is 19.2. The molecule has 0 saturated heterocycles. The van der Waals surface area contributed by atoms with Crippen molar-refractivity contribution in [2.24, 2.45) is 0 Å². The summed E-state index contributed by atoms with van der Waals surface area (Å²) in [6.07, 6.45) is 3.93. The number of hydrogen-bond acceptors (Lipinski definition) is 0. The standard InChI is InChI=1S/C25H31Si.3ClH.Ti/c1-17-14-24(15-18(2)20(17)4)26(8,23-12-10-9-11-13-23)25(7)16-19(3)21(5)22(25)6;;;;/h9-15H,1-8H3;3*1H;/q-1;;;;+4/p-3. The summed E-state index contributed by atoms with van der Waals surface area (Å²) in [4.78, 5) is 0. The van der Waals surface area contributed by atoms with Crippen LogP contribution < -0.4 is 47.6 Å². The van der Waals surface area contributed by atoms with Crippen LogP contribution >= 0.6 is 0 Å². The van der Waals surface area contributed by atoms with Crippen LogP contribution in [-0.4, -0.2) is 8.07 Å². The van der Waals surface area contributed by atoms with Crippen molar-refractivity contribution < 1.29 is 58.9 Å². The zero-order chi connectivity index (χ0) is 19.3. The molecular weight excluding hydrogens is 483 g/mol. The van der Waals surface area contributed by atoms with E-state index in [1.54, 1.807) is 0 Å². The molecule has 0 radical (unpaired) electrons. The first-order chi connectivity index (χ1) is 12.1. The van der Waals surface area contributed by atoms with Crippen LogP contribution in [0, 0.1) is 26.8 Å². The van der Waals surface area contributed by atoms with Gasteiger partial charge in [-0.25, -0.2) is 5.57 Å². The molecule has 0 fully saturated rings. The smallest absolute Gasteiger partial charge is 1.00 e. The van der Waals surface area contributed by atoms with Crippen LogP contribution in [0.3, 0.4) is 0 Å². The fraction of sp³-hybridized carbons (Fsp3) is 0.360. The molecule has 2 unspecified atom stereocenters. The summed E-state index contributed by atoms with van der Waals surface area (Å²) in [5.74, 6) is 0. The van der Waals surface area contributed by atoms with E-state index in [0.717, 1.165) is 0 Å². The maximum Gasteiger partial charge on any atom is 4.00 e. The van der Waals surface area contributed by atoms with Gasteiger partial charge in [0.2, 0.25) is 0 Å². The molecule has 5 heteroatoms. The fourth-order valence-corrected chi connectivity index (χ4v) is 9.29. The van der Waals surface area contributed by atoms with E-state index in [-0.39, 0.29) is 64.0 Å². The van der Waals surface area contributed by atoms with Crippen LogP contribution in [0.25, 0.3) is 0 Å². The van der Waals surface area contributed by atoms with Crippen molar-refractivity contribution in [2.75, 3.05) is 0 Å². The molecule has 2 aromatic rings. The minimum atomic E-state index is -2.12. The van der Waals surface area contributed by atoms with E-state index in [1.807, 2.05) is 0 Å². The third-order valence-corrected chi connectivity index (χ3v) is 12.6. The summed E-state index contributed by atoms with van der Waals surface area (Å²) in [6, 6.07) is 16.1. The summed E-state index contributed by atoms with van der Waals surface area (Å²) in [5.41, 5.74) is 8.44. The van der Waals surface area contributed by atoms with Gasteiger partial charge in [-0.2, -0.15) is 11.1 Å². The van der Waals surface area contributed by atoms with Gasteiger partial charge in [-0.1, -0.05) is 85.2 Å². The summed E-state index contributed by atoms with van der Waals surface area (Å²) in [7, 11) is -2.12. The van der Waals surface area contributed by atoms with Crippen molar-refractivity contribution in [1.82, 2.24) is 0 Å². The van der Waals surface area contributed by atoms with Crippen LogP contribution in [0.15, 0.2) is 59.2 Å². The normalized spacial score (nSPS) is 19.4. The predicted molar refractivity (Wildman–Crippen MR) is 117 cm³/mol. The molecule has 2 aromatic carbocycles. The maximum atomic E-state index is 3.93. The Morgan fingerprint density at radius 1 is 0.767 bits per heavy atom. The Bertz CT molecular complexity index is 914. The first-order valence-electron chi connectivity index (χ1n) is 9.57. The van der Waals surface area contributed by atoms with Crippen LogP contribution in [0.4, 0.5) is 0 Å². The van der Waals surface area contributed by atoms with E-state index in [2.05, 4.69) is 104 Å². The molecule has 0 bridgehead atoms. The Hall–Kier alpha value is -0.279. The second-order valence-corrected chi connectivity index (χ2v) is 12.8. The Morgan fingerprint density at radius 2 is 1.23 bits per heavy atom. The first kappa shape index (κ1) is 31.9. The van der Waals surface area contributed by atoms with Crippen molar-refractivity contribution >= 4 is 18.4 Å². The van der Waals surface area contributed by atoms with Gasteiger partial charge in [-0.15, -0.1) is 6.92 Å². The van der Waals surface area contributed by atoms with Crippen molar-refractivity contribution in [1.29, 1.82) is 0 Å². The number of halogens is 3. The maximum absolute atomic E-state index is 3.93. The molecule has 0 aliphatic heterocycles. The summed E-state index contributed by atoms with van der Waals surface area (Å²) >= 11 is 0. The van der Waals surface area contributed by atoms with Gasteiger partial charge >= 0.3 is 21.7 Å². The van der Waals surface area contributed by atoms with E-state index in [4.69, 9.17) is 0 Å². The topological polar surface area (TPSA) is 0 Å². The molecule has 160 valence electrons. The molecule has 0 heterocycles. The van der Waals surface area contributed by atoms with Gasteiger partial charge in [-0.3, -0.25) is 6.08 Å². The Morgan fingerprint density at radius 3 is 1.63 bits per heavy atom. The minimum absolute atomic E-state index is 0. The van der Waals surface area contributed by atoms with Crippen molar-refractivity contribution in [3.05, 3.63) is 82.0 Å². The minimum Gasteiger partial charge on any atom is -1.00 e. The van der Waals surface area contributed by atoms with Gasteiger partial charge in [0.05, 0.1) is 0 Å². The molecule has 1 aliphatic carbocycles. The van der Waals surface area contributed by atoms with Crippen LogP contribution in [0.5, 0.6) is 0 Å². The number of rotatable bonds is 3. The van der Waals surface area contributed by atoms with Gasteiger partial charge in [0.25, 0.3) is 0 Å². The van der Waals surface area contributed by atoms with E-state index in [9.17, 15) is 0 Å². The molecule has 0 amide bonds. The Kier molecular flexibility index (Phi) is 12.3. The molecule has 3 rings (SSSR count). The average Bonchev–Trinajstić information content (AvgIpc) is 2.83. The van der Waals surface area contributed by atoms with Gasteiger partial charge in [0.1, 0.15) is 8.07 Å². The molecular formula is C25H31Cl3SiTi. The molecule has 0 aromatic heterocycles. The number of benzene rings is 2. The van der Waals surface area contributed by atoms with E-state index in [1.165, 1.54) is 43.8 Å². The summed E-state index contributed by atoms with van der Waals surface area (Å²) in [6.45, 7) is 18.5. The predicted octanol–water partition coefficient (Wildman–Crippen LogP) is -3.33. The Labute approximate surface area is 218 Å². The van der Waals surface area contributed by atoms with Gasteiger partial charge in [0.15, 0.2) is 0 Å². The van der Waals surface area contributed by atoms with Gasteiger partial charge in [-0.05, 0) is 37.5 Å². The third kappa shape index (κ3) is 4.87. The molecule has 1 aliphatic rings. The van der Waals surface area contributed by atoms with Crippen molar-refractivity contribution in [3.63, 3.8) is 0 Å². The number of aryl methyl sites for hydroxylation is 2. The number of allylic oxidation sites excluding steroid dienone is 4. The van der Waals surface area contributed by atoms with Crippen LogP contribution in [-0.2, 0) is 21.7 Å². The quantitative estimate of drug-likeness (QED) is 0.298. The van der Waals surface area contributed by atoms with E-state index < -0.39 is 8.07 Å². The third-order valence-electron chi connectivity index (χ3n) is 7.17. The second kappa shape index (κ2) is 11.5. The second-order valence-electron chi connectivity index (χ2n) is 8.35. The van der Waals surface area contributed by atoms with Crippen LogP contribution in [0.2, 0.25) is 11.6 Å². The van der Waals surface area contributed by atoms with E-state index in [0.29, 0.717) is 0 Å². The van der Waals surface area contributed by atoms with Gasteiger partial charge in [0, 0.05) is 0 Å². The molecule has 2 atom stereocenters. The van der Waals surface area contributed by atoms with Crippen LogP contribution in [0.1, 0.15) is 44.4 Å². The van der Waals surface area contributed by atoms with Crippen molar-refractivity contribution in [2.45, 2.75) is 60.1 Å². The fourth-order valence-electron chi connectivity index (χ4n) is 4.56. The summed E-state index contributed by atoms with van der Waals surface area (Å²) in [5, 5.41) is 2.97. The largest absolute Gasteiger partial charge is 4.00 e.